The minimum Gasteiger partial charge on any atom is -0.444 e. The van der Waals surface area contributed by atoms with Crippen molar-refractivity contribution >= 4 is 46.6 Å². The van der Waals surface area contributed by atoms with E-state index in [4.69, 9.17) is 16.3 Å². The summed E-state index contributed by atoms with van der Waals surface area (Å²) in [7, 11) is 1.75. The molecule has 1 fully saturated rings. The Kier molecular flexibility index (Phi) is 7.97. The predicted molar refractivity (Wildman–Crippen MR) is 147 cm³/mol. The van der Waals surface area contributed by atoms with Crippen molar-refractivity contribution in [2.24, 2.45) is 0 Å². The molecule has 2 N–H and O–H groups in total. The Labute approximate surface area is 223 Å². The maximum absolute atomic E-state index is 13.3. The highest BCUT2D eigenvalue weighted by Crippen LogP contribution is 2.31. The zero-order valence-corrected chi connectivity index (χ0v) is 22.7. The minimum atomic E-state index is -0.566. The maximum Gasteiger partial charge on any atom is 0.410 e. The number of hydrogen-bond acceptors (Lipinski definition) is 5. The molecule has 2 aromatic carbocycles. The highest BCUT2D eigenvalue weighted by molar-refractivity contribution is 6.31. The van der Waals surface area contributed by atoms with Crippen LogP contribution >= 0.6 is 11.6 Å². The largest absolute Gasteiger partial charge is 0.444 e. The van der Waals surface area contributed by atoms with Crippen molar-refractivity contribution in [3.63, 3.8) is 0 Å². The van der Waals surface area contributed by atoms with Gasteiger partial charge in [0.2, 0.25) is 5.91 Å². The first-order valence-electron chi connectivity index (χ1n) is 12.8. The van der Waals surface area contributed by atoms with Crippen LogP contribution in [0.3, 0.4) is 0 Å². The summed E-state index contributed by atoms with van der Waals surface area (Å²) in [5.41, 5.74) is 2.95. The van der Waals surface area contributed by atoms with E-state index in [9.17, 15) is 14.4 Å². The van der Waals surface area contributed by atoms with E-state index in [1.165, 1.54) is 0 Å². The Morgan fingerprint density at radius 3 is 2.65 bits per heavy atom. The third-order valence-corrected chi connectivity index (χ3v) is 6.93. The zero-order valence-electron chi connectivity index (χ0n) is 21.9. The summed E-state index contributed by atoms with van der Waals surface area (Å²) in [6.45, 7) is 6.68. The number of ether oxygens (including phenoxy) is 1. The molecule has 2 aliphatic rings. The van der Waals surface area contributed by atoms with Gasteiger partial charge in [0.15, 0.2) is 0 Å². The van der Waals surface area contributed by atoms with E-state index >= 15 is 0 Å². The molecule has 3 amide bonds. The van der Waals surface area contributed by atoms with E-state index in [1.807, 2.05) is 39.0 Å². The number of likely N-dealkylation sites (tertiary alicyclic amines) is 1. The van der Waals surface area contributed by atoms with E-state index in [0.29, 0.717) is 47.9 Å². The molecule has 0 radical (unpaired) electrons. The number of nitrogens with zero attached hydrogens (tertiary/aromatic N) is 2. The second kappa shape index (κ2) is 11.0. The molecule has 8 nitrogen and oxygen atoms in total. The van der Waals surface area contributed by atoms with Crippen molar-refractivity contribution in [1.29, 1.82) is 0 Å². The highest BCUT2D eigenvalue weighted by atomic mass is 35.5. The molecule has 2 aromatic rings. The number of fused-ring (bicyclic) bond motifs is 1. The first-order valence-corrected chi connectivity index (χ1v) is 13.1. The van der Waals surface area contributed by atoms with Crippen molar-refractivity contribution in [2.45, 2.75) is 64.5 Å². The maximum atomic E-state index is 13.3. The van der Waals surface area contributed by atoms with Crippen LogP contribution in [0.25, 0.3) is 0 Å². The summed E-state index contributed by atoms with van der Waals surface area (Å²) in [4.78, 5) is 41.6. The number of hydrogen-bond donors (Lipinski definition) is 2. The van der Waals surface area contributed by atoms with Gasteiger partial charge in [-0.05, 0) is 82.3 Å². The molecule has 1 atom stereocenters. The molecule has 1 unspecified atom stereocenters. The lowest BCUT2D eigenvalue weighted by Gasteiger charge is -2.37. The normalized spacial score (nSPS) is 17.8. The summed E-state index contributed by atoms with van der Waals surface area (Å²) in [6, 6.07) is 10.6. The van der Waals surface area contributed by atoms with Gasteiger partial charge >= 0.3 is 6.09 Å². The minimum absolute atomic E-state index is 0.0586. The third kappa shape index (κ3) is 6.55. The average molecular weight is 527 g/mol. The lowest BCUT2D eigenvalue weighted by atomic mass is 10.0. The summed E-state index contributed by atoms with van der Waals surface area (Å²) < 4.78 is 5.61. The van der Waals surface area contributed by atoms with E-state index in [2.05, 4.69) is 10.6 Å². The molecule has 0 bridgehead atoms. The molecule has 9 heteroatoms. The van der Waals surface area contributed by atoms with Gasteiger partial charge in [-0.25, -0.2) is 4.79 Å². The van der Waals surface area contributed by atoms with E-state index < -0.39 is 5.60 Å². The first-order chi connectivity index (χ1) is 17.5. The molecular weight excluding hydrogens is 492 g/mol. The SMILES string of the molecule is CN1C(=O)CCc2ccc(NC(=O)c3ccc(Cl)cc3NCC3CCCCN3C(=O)OC(C)(C)C)cc21. The summed E-state index contributed by atoms with van der Waals surface area (Å²) >= 11 is 6.27. The number of rotatable bonds is 5. The van der Waals surface area contributed by atoms with Crippen LogP contribution in [-0.4, -0.2) is 54.6 Å². The quantitative estimate of drug-likeness (QED) is 0.521. The second-order valence-electron chi connectivity index (χ2n) is 10.6. The number of amides is 3. The molecule has 2 heterocycles. The van der Waals surface area contributed by atoms with Crippen LogP contribution in [0.2, 0.25) is 5.02 Å². The van der Waals surface area contributed by atoms with Gasteiger partial charge in [0.25, 0.3) is 5.91 Å². The van der Waals surface area contributed by atoms with Gasteiger partial charge in [-0.1, -0.05) is 17.7 Å². The van der Waals surface area contributed by atoms with Gasteiger partial charge in [-0.3, -0.25) is 9.59 Å². The summed E-state index contributed by atoms with van der Waals surface area (Å²) in [6.07, 6.45) is 3.65. The topological polar surface area (TPSA) is 91.0 Å². The van der Waals surface area contributed by atoms with Crippen LogP contribution in [0, 0.1) is 0 Å². The van der Waals surface area contributed by atoms with Crippen LogP contribution < -0.4 is 15.5 Å². The fourth-order valence-electron chi connectivity index (χ4n) is 4.77. The Morgan fingerprint density at radius 1 is 1.11 bits per heavy atom. The van der Waals surface area contributed by atoms with E-state index in [-0.39, 0.29) is 23.9 Å². The molecule has 4 rings (SSSR count). The van der Waals surface area contributed by atoms with Crippen molar-refractivity contribution in [1.82, 2.24) is 4.90 Å². The Bertz CT molecular complexity index is 1190. The molecule has 198 valence electrons. The number of benzene rings is 2. The van der Waals surface area contributed by atoms with Crippen LogP contribution in [-0.2, 0) is 16.0 Å². The van der Waals surface area contributed by atoms with Gasteiger partial charge < -0.3 is 25.2 Å². The fourth-order valence-corrected chi connectivity index (χ4v) is 4.94. The number of piperidine rings is 1. The van der Waals surface area contributed by atoms with Crippen molar-refractivity contribution in [3.8, 4) is 0 Å². The standard InChI is InChI=1S/C28H35ClN4O4/c1-28(2,3)37-27(36)33-14-6-5-7-21(33)17-30-23-15-19(29)10-12-22(23)26(35)31-20-11-8-18-9-13-25(34)32(4)24(18)16-20/h8,10-12,15-16,21,30H,5-7,9,13-14,17H2,1-4H3,(H,31,35). The smallest absolute Gasteiger partial charge is 0.410 e. The van der Waals surface area contributed by atoms with E-state index in [1.54, 1.807) is 35.0 Å². The Hall–Kier alpha value is -3.26. The Morgan fingerprint density at radius 2 is 1.89 bits per heavy atom. The van der Waals surface area contributed by atoms with Gasteiger partial charge in [-0.15, -0.1) is 0 Å². The van der Waals surface area contributed by atoms with Gasteiger partial charge in [0.1, 0.15) is 5.60 Å². The molecule has 0 saturated carbocycles. The first kappa shape index (κ1) is 26.8. The lowest BCUT2D eigenvalue weighted by molar-refractivity contribution is -0.118. The number of carbonyl (C=O) groups excluding carboxylic acids is 3. The summed E-state index contributed by atoms with van der Waals surface area (Å²) in [5, 5.41) is 6.80. The molecule has 2 aliphatic heterocycles. The molecule has 37 heavy (non-hydrogen) atoms. The van der Waals surface area contributed by atoms with Gasteiger partial charge in [-0.2, -0.15) is 0 Å². The van der Waals surface area contributed by atoms with Crippen LogP contribution in [0.1, 0.15) is 62.4 Å². The number of anilines is 3. The average Bonchev–Trinajstić information content (AvgIpc) is 2.84. The van der Waals surface area contributed by atoms with Crippen molar-refractivity contribution < 1.29 is 19.1 Å². The molecule has 0 aliphatic carbocycles. The number of carbonyl (C=O) groups is 3. The summed E-state index contributed by atoms with van der Waals surface area (Å²) in [5.74, 6) is -0.236. The predicted octanol–water partition coefficient (Wildman–Crippen LogP) is 5.70. The zero-order chi connectivity index (χ0) is 26.7. The van der Waals surface area contributed by atoms with Crippen molar-refractivity contribution in [3.05, 3.63) is 52.5 Å². The highest BCUT2D eigenvalue weighted by Gasteiger charge is 2.30. The molecule has 0 spiro atoms. The van der Waals surface area contributed by atoms with Gasteiger partial charge in [0, 0.05) is 48.6 Å². The monoisotopic (exact) mass is 526 g/mol. The van der Waals surface area contributed by atoms with Gasteiger partial charge in [0.05, 0.1) is 11.6 Å². The molecular formula is C28H35ClN4O4. The number of halogens is 1. The van der Waals surface area contributed by atoms with Crippen LogP contribution in [0.5, 0.6) is 0 Å². The van der Waals surface area contributed by atoms with Crippen molar-refractivity contribution in [2.75, 3.05) is 35.7 Å². The fraction of sp³-hybridized carbons (Fsp3) is 0.464. The third-order valence-electron chi connectivity index (χ3n) is 6.70. The van der Waals surface area contributed by atoms with Crippen LogP contribution in [0.15, 0.2) is 36.4 Å². The number of aryl methyl sites for hydroxylation is 1. The van der Waals surface area contributed by atoms with E-state index in [0.717, 1.165) is 30.5 Å². The lowest BCUT2D eigenvalue weighted by Crippen LogP contribution is -2.49. The number of nitrogens with one attached hydrogen (secondary N) is 2. The Balaban J connectivity index is 1.48. The molecule has 0 aromatic heterocycles. The molecule has 1 saturated heterocycles. The van der Waals surface area contributed by atoms with Crippen LogP contribution in [0.4, 0.5) is 21.9 Å². The second-order valence-corrected chi connectivity index (χ2v) is 11.1.